The summed E-state index contributed by atoms with van der Waals surface area (Å²) in [5.41, 5.74) is 0. The molecule has 1 heterocycles. The first-order valence-corrected chi connectivity index (χ1v) is 7.46. The summed E-state index contributed by atoms with van der Waals surface area (Å²) < 4.78 is 38.1. The minimum Gasteiger partial charge on any atom is -0.748 e. The third-order valence-electron chi connectivity index (χ3n) is 1.34. The van der Waals surface area contributed by atoms with Crippen molar-refractivity contribution >= 4 is 22.1 Å². The van der Waals surface area contributed by atoms with Gasteiger partial charge in [0.25, 0.3) is 0 Å². The molecule has 8 nitrogen and oxygen atoms in total. The van der Waals surface area contributed by atoms with Crippen LogP contribution in [0.1, 0.15) is 20.8 Å². The summed E-state index contributed by atoms with van der Waals surface area (Å²) in [5, 5.41) is 0. The lowest BCUT2D eigenvalue weighted by atomic mass is 10.5. The van der Waals surface area contributed by atoms with Crippen molar-refractivity contribution in [3.63, 3.8) is 0 Å². The van der Waals surface area contributed by atoms with Gasteiger partial charge in [0.05, 0.1) is 0 Å². The van der Waals surface area contributed by atoms with Crippen molar-refractivity contribution < 1.29 is 32.0 Å². The second-order valence-electron chi connectivity index (χ2n) is 3.00. The molecule has 120 valence electrons. The van der Waals surface area contributed by atoms with Gasteiger partial charge in [-0.1, -0.05) is 19.9 Å². The van der Waals surface area contributed by atoms with Crippen LogP contribution in [0.3, 0.4) is 0 Å². The minimum atomic E-state index is -4.64. The van der Waals surface area contributed by atoms with Crippen LogP contribution in [-0.4, -0.2) is 42.4 Å². The van der Waals surface area contributed by atoms with Crippen molar-refractivity contribution in [3.05, 3.63) is 30.6 Å². The molecular weight excluding hydrogens is 302 g/mol. The Kier molecular flexibility index (Phi) is 13.2. The molecule has 0 bridgehead atoms. The van der Waals surface area contributed by atoms with Crippen LogP contribution in [0, 0.1) is 0 Å². The Balaban J connectivity index is 0. The van der Waals surface area contributed by atoms with Gasteiger partial charge in [0, 0.05) is 19.3 Å². The van der Waals surface area contributed by atoms with E-state index in [2.05, 4.69) is 14.5 Å². The van der Waals surface area contributed by atoms with Gasteiger partial charge in [0.1, 0.15) is 15.9 Å². The van der Waals surface area contributed by atoms with E-state index >= 15 is 0 Å². The average Bonchev–Trinajstić information content (AvgIpc) is 2.41. The van der Waals surface area contributed by atoms with E-state index in [-0.39, 0.29) is 0 Å². The summed E-state index contributed by atoms with van der Waals surface area (Å²) in [5.74, 6) is -3.21. The van der Waals surface area contributed by atoms with Crippen LogP contribution in [-0.2, 0) is 29.2 Å². The molecule has 1 rings (SSSR count). The fraction of sp³-hybridized carbons (Fsp3) is 0.417. The van der Waals surface area contributed by atoms with E-state index in [1.165, 1.54) is 0 Å². The molecule has 0 aliphatic heterocycles. The minimum absolute atomic E-state index is 0.683. The molecule has 0 aromatic carbocycles. The van der Waals surface area contributed by atoms with Gasteiger partial charge < -0.3 is 14.0 Å². The van der Waals surface area contributed by atoms with Crippen LogP contribution in [0.5, 0.6) is 0 Å². The number of aromatic nitrogens is 1. The van der Waals surface area contributed by atoms with Crippen molar-refractivity contribution in [3.8, 4) is 0 Å². The molecule has 0 N–H and O–H groups in total. The number of hydrogen-bond donors (Lipinski definition) is 0. The van der Waals surface area contributed by atoms with E-state index in [0.29, 0.717) is 0 Å². The average molecular weight is 320 g/mol. The molecule has 0 aliphatic rings. The normalized spacial score (nSPS) is 9.14. The third-order valence-corrected chi connectivity index (χ3v) is 1.93. The van der Waals surface area contributed by atoms with Crippen molar-refractivity contribution in [2.75, 3.05) is 12.5 Å². The van der Waals surface area contributed by atoms with Crippen LogP contribution in [0.2, 0.25) is 0 Å². The zero-order valence-electron chi connectivity index (χ0n) is 12.0. The summed E-state index contributed by atoms with van der Waals surface area (Å²) in [6, 6.07) is 5.72. The molecule has 0 atom stereocenters. The molecular formula is C12H18NO7S-. The van der Waals surface area contributed by atoms with Gasteiger partial charge in [-0.2, -0.15) is 0 Å². The number of nitrogens with zero attached hydrogens (tertiary/aromatic N) is 1. The number of hydrogen-bond acceptors (Lipinski definition) is 8. The molecule has 9 heteroatoms. The fourth-order valence-corrected chi connectivity index (χ4v) is 1.05. The highest BCUT2D eigenvalue weighted by Crippen LogP contribution is 1.87. The zero-order chi connectivity index (χ0) is 16.7. The van der Waals surface area contributed by atoms with Crippen molar-refractivity contribution in [1.29, 1.82) is 0 Å². The number of carbonyl (C=O) groups excluding carboxylic acids is 2. The summed E-state index contributed by atoms with van der Waals surface area (Å²) in [6.45, 7) is 4.39. The maximum atomic E-state index is 10.4. The van der Waals surface area contributed by atoms with Crippen LogP contribution < -0.4 is 0 Å². The fourth-order valence-electron chi connectivity index (χ4n) is 0.677. The van der Waals surface area contributed by atoms with Gasteiger partial charge >= 0.3 is 11.9 Å². The molecule has 0 aliphatic carbocycles. The molecule has 0 amide bonds. The highest BCUT2D eigenvalue weighted by Gasteiger charge is 2.07. The Bertz CT molecular complexity index is 461. The van der Waals surface area contributed by atoms with Gasteiger partial charge in [-0.05, 0) is 12.1 Å². The summed E-state index contributed by atoms with van der Waals surface area (Å²) in [4.78, 5) is 24.3. The predicted octanol–water partition coefficient (Wildman–Crippen LogP) is 0.703. The smallest absolute Gasteiger partial charge is 0.322 e. The molecule has 0 fully saturated rings. The lowest BCUT2D eigenvalue weighted by Crippen LogP contribution is -2.19. The van der Waals surface area contributed by atoms with E-state index in [1.807, 2.05) is 32.0 Å². The van der Waals surface area contributed by atoms with Crippen molar-refractivity contribution in [2.45, 2.75) is 20.8 Å². The number of pyridine rings is 1. The Hall–Kier alpha value is -2.00. The maximum Gasteiger partial charge on any atom is 0.322 e. The molecule has 1 aromatic rings. The Morgan fingerprint density at radius 2 is 1.62 bits per heavy atom. The first-order chi connectivity index (χ1) is 9.81. The predicted molar refractivity (Wildman–Crippen MR) is 72.9 cm³/mol. The first-order valence-electron chi connectivity index (χ1n) is 5.89. The van der Waals surface area contributed by atoms with E-state index < -0.39 is 34.6 Å². The SMILES string of the molecule is CC.CC(=O)OCOC(=O)CS(=O)(=O)[O-].c1ccncc1. The third kappa shape index (κ3) is 20.5. The quantitative estimate of drug-likeness (QED) is 0.451. The molecule has 21 heavy (non-hydrogen) atoms. The van der Waals surface area contributed by atoms with E-state index in [1.54, 1.807) is 12.4 Å². The van der Waals surface area contributed by atoms with Gasteiger partial charge in [0.15, 0.2) is 0 Å². The van der Waals surface area contributed by atoms with E-state index in [4.69, 9.17) is 0 Å². The molecule has 1 aromatic heterocycles. The summed E-state index contributed by atoms with van der Waals surface area (Å²) in [6.07, 6.45) is 3.50. The Labute approximate surface area is 123 Å². The number of rotatable bonds is 4. The molecule has 0 spiro atoms. The van der Waals surface area contributed by atoms with Gasteiger partial charge in [-0.25, -0.2) is 8.42 Å². The Morgan fingerprint density at radius 1 is 1.10 bits per heavy atom. The standard InChI is InChI=1S/C5H5N.C5H8O7S.C2H6/c1-2-4-6-5-3-1;1-4(6)11-3-12-5(7)2-13(8,9)10;1-2/h1-5H;2-3H2,1H3,(H,8,9,10);1-2H3/p-1. The van der Waals surface area contributed by atoms with Crippen LogP contribution >= 0.6 is 0 Å². The second kappa shape index (κ2) is 13.0. The highest BCUT2D eigenvalue weighted by molar-refractivity contribution is 7.86. The molecule has 0 radical (unpaired) electrons. The highest BCUT2D eigenvalue weighted by atomic mass is 32.2. The zero-order valence-corrected chi connectivity index (χ0v) is 12.8. The maximum absolute atomic E-state index is 10.4. The van der Waals surface area contributed by atoms with Gasteiger partial charge in [-0.3, -0.25) is 14.6 Å². The number of esters is 2. The number of ether oxygens (including phenoxy) is 2. The largest absolute Gasteiger partial charge is 0.748 e. The van der Waals surface area contributed by atoms with Crippen molar-refractivity contribution in [2.24, 2.45) is 0 Å². The lowest BCUT2D eigenvalue weighted by Gasteiger charge is -2.06. The summed E-state index contributed by atoms with van der Waals surface area (Å²) >= 11 is 0. The van der Waals surface area contributed by atoms with E-state index in [0.717, 1.165) is 6.92 Å². The molecule has 0 saturated carbocycles. The van der Waals surface area contributed by atoms with Crippen LogP contribution in [0.4, 0.5) is 0 Å². The van der Waals surface area contributed by atoms with Crippen LogP contribution in [0.25, 0.3) is 0 Å². The summed E-state index contributed by atoms with van der Waals surface area (Å²) in [7, 11) is -4.64. The Morgan fingerprint density at radius 3 is 1.90 bits per heavy atom. The molecule has 0 saturated heterocycles. The van der Waals surface area contributed by atoms with Gasteiger partial charge in [-0.15, -0.1) is 0 Å². The lowest BCUT2D eigenvalue weighted by molar-refractivity contribution is -0.163. The number of carbonyl (C=O) groups is 2. The van der Waals surface area contributed by atoms with Gasteiger partial charge in [0.2, 0.25) is 6.79 Å². The van der Waals surface area contributed by atoms with Crippen LogP contribution in [0.15, 0.2) is 30.6 Å². The molecule has 0 unspecified atom stereocenters. The first kappa shape index (κ1) is 21.3. The van der Waals surface area contributed by atoms with E-state index in [9.17, 15) is 22.6 Å². The monoisotopic (exact) mass is 320 g/mol. The second-order valence-corrected chi connectivity index (χ2v) is 4.40. The topological polar surface area (TPSA) is 123 Å². The van der Waals surface area contributed by atoms with Crippen molar-refractivity contribution in [1.82, 2.24) is 4.98 Å².